The summed E-state index contributed by atoms with van der Waals surface area (Å²) in [5.41, 5.74) is 2.52. The van der Waals surface area contributed by atoms with Gasteiger partial charge in [-0.1, -0.05) is 42.5 Å². The van der Waals surface area contributed by atoms with Crippen LogP contribution >= 0.6 is 0 Å². The smallest absolute Gasteiger partial charge is 0.292 e. The fraction of sp³-hybridized carbons (Fsp3) is 0.290. The van der Waals surface area contributed by atoms with Crippen LogP contribution in [-0.2, 0) is 10.0 Å². The summed E-state index contributed by atoms with van der Waals surface area (Å²) in [6, 6.07) is 26.0. The molecule has 2 aliphatic heterocycles. The fourth-order valence-corrected chi connectivity index (χ4v) is 7.32. The lowest BCUT2D eigenvalue weighted by Gasteiger charge is -2.38. The number of nitro benzene ring substituents is 1. The van der Waals surface area contributed by atoms with Gasteiger partial charge in [-0.05, 0) is 47.2 Å². The third-order valence-corrected chi connectivity index (χ3v) is 10.1. The van der Waals surface area contributed by atoms with Gasteiger partial charge in [0.15, 0.2) is 0 Å². The van der Waals surface area contributed by atoms with Crippen molar-refractivity contribution in [2.45, 2.75) is 4.90 Å². The molecule has 4 aromatic rings. The Balaban J connectivity index is 1.16. The van der Waals surface area contributed by atoms with Gasteiger partial charge in [-0.3, -0.25) is 10.1 Å². The Hall–Kier alpha value is -4.35. The maximum Gasteiger partial charge on any atom is 0.292 e. The second-order valence-corrected chi connectivity index (χ2v) is 12.4. The van der Waals surface area contributed by atoms with E-state index in [1.165, 1.54) is 4.31 Å². The quantitative estimate of drug-likeness (QED) is 0.229. The van der Waals surface area contributed by atoms with Gasteiger partial charge in [0.25, 0.3) is 5.69 Å². The number of rotatable bonds is 7. The first-order chi connectivity index (χ1) is 20.3. The standard InChI is InChI=1S/C31H33N5O5S/c1-41-31-9-5-4-8-29(31)33-14-16-34(17-15-33)30-23-26(11-13-28(30)36(37)38)32-18-20-35(21-19-32)42(39,40)27-12-10-24-6-2-3-7-25(24)22-27/h2-13,22-23H,14-21H2,1H3. The molecule has 42 heavy (non-hydrogen) atoms. The highest BCUT2D eigenvalue weighted by Gasteiger charge is 2.30. The molecule has 218 valence electrons. The van der Waals surface area contributed by atoms with E-state index in [1.54, 1.807) is 31.4 Å². The second kappa shape index (κ2) is 11.5. The average molecular weight is 588 g/mol. The molecule has 10 nitrogen and oxygen atoms in total. The Morgan fingerprint density at radius 3 is 2.00 bits per heavy atom. The van der Waals surface area contributed by atoms with Crippen LogP contribution in [0, 0.1) is 10.1 Å². The maximum atomic E-state index is 13.4. The van der Waals surface area contributed by atoms with E-state index in [9.17, 15) is 18.5 Å². The summed E-state index contributed by atoms with van der Waals surface area (Å²) in [5.74, 6) is 0.806. The molecule has 0 spiro atoms. The van der Waals surface area contributed by atoms with Crippen LogP contribution in [0.25, 0.3) is 10.8 Å². The highest BCUT2D eigenvalue weighted by Crippen LogP contribution is 2.35. The van der Waals surface area contributed by atoms with Gasteiger partial charge < -0.3 is 19.4 Å². The number of methoxy groups -OCH3 is 1. The number of piperazine rings is 2. The summed E-state index contributed by atoms with van der Waals surface area (Å²) < 4.78 is 33.9. The summed E-state index contributed by atoms with van der Waals surface area (Å²) in [5, 5.41) is 13.8. The van der Waals surface area contributed by atoms with Gasteiger partial charge in [-0.2, -0.15) is 4.31 Å². The van der Waals surface area contributed by atoms with Crippen molar-refractivity contribution in [3.8, 4) is 5.75 Å². The largest absolute Gasteiger partial charge is 0.495 e. The number of anilines is 3. The molecule has 0 radical (unpaired) electrons. The lowest BCUT2D eigenvalue weighted by atomic mass is 10.1. The predicted molar refractivity (Wildman–Crippen MR) is 165 cm³/mol. The molecule has 2 saturated heterocycles. The van der Waals surface area contributed by atoms with Crippen molar-refractivity contribution in [1.29, 1.82) is 0 Å². The van der Waals surface area contributed by atoms with E-state index < -0.39 is 10.0 Å². The van der Waals surface area contributed by atoms with Crippen molar-refractivity contribution in [3.05, 3.63) is 95.0 Å². The van der Waals surface area contributed by atoms with Gasteiger partial charge in [0, 0.05) is 64.1 Å². The number of hydrogen-bond donors (Lipinski definition) is 0. The molecule has 0 amide bonds. The first-order valence-corrected chi connectivity index (χ1v) is 15.4. The molecule has 4 aromatic carbocycles. The van der Waals surface area contributed by atoms with Crippen LogP contribution < -0.4 is 19.4 Å². The molecule has 2 aliphatic rings. The van der Waals surface area contributed by atoms with Crippen LogP contribution in [0.5, 0.6) is 5.75 Å². The van der Waals surface area contributed by atoms with Gasteiger partial charge >= 0.3 is 0 Å². The Morgan fingerprint density at radius 1 is 0.690 bits per heavy atom. The van der Waals surface area contributed by atoms with Crippen LogP contribution in [0.1, 0.15) is 0 Å². The van der Waals surface area contributed by atoms with Gasteiger partial charge in [0.1, 0.15) is 11.4 Å². The molecule has 2 heterocycles. The van der Waals surface area contributed by atoms with E-state index in [4.69, 9.17) is 4.74 Å². The van der Waals surface area contributed by atoms with Crippen molar-refractivity contribution in [3.63, 3.8) is 0 Å². The highest BCUT2D eigenvalue weighted by atomic mass is 32.2. The lowest BCUT2D eigenvalue weighted by molar-refractivity contribution is -0.384. The van der Waals surface area contributed by atoms with Crippen LogP contribution in [-0.4, -0.2) is 77.1 Å². The zero-order valence-electron chi connectivity index (χ0n) is 23.4. The van der Waals surface area contributed by atoms with Crippen LogP contribution in [0.3, 0.4) is 0 Å². The maximum absolute atomic E-state index is 13.4. The summed E-state index contributed by atoms with van der Waals surface area (Å²) in [6.45, 7) is 4.30. The molecule has 0 saturated carbocycles. The molecule has 0 atom stereocenters. The minimum absolute atomic E-state index is 0.0713. The van der Waals surface area contributed by atoms with Crippen molar-refractivity contribution in [2.24, 2.45) is 0 Å². The molecule has 0 aliphatic carbocycles. The first-order valence-electron chi connectivity index (χ1n) is 14.0. The number of hydrogen-bond acceptors (Lipinski definition) is 8. The minimum atomic E-state index is -3.64. The first kappa shape index (κ1) is 27.8. The normalized spacial score (nSPS) is 16.5. The number of para-hydroxylation sites is 2. The molecule has 0 bridgehead atoms. The molecular formula is C31H33N5O5S. The van der Waals surface area contributed by atoms with E-state index in [0.717, 1.165) is 27.9 Å². The van der Waals surface area contributed by atoms with Crippen molar-refractivity contribution in [1.82, 2.24) is 4.31 Å². The third kappa shape index (κ3) is 5.33. The number of nitrogens with zero attached hydrogens (tertiary/aromatic N) is 5. The van der Waals surface area contributed by atoms with Crippen LogP contribution in [0.4, 0.5) is 22.7 Å². The molecule has 0 unspecified atom stereocenters. The van der Waals surface area contributed by atoms with Gasteiger partial charge in [0.2, 0.25) is 10.0 Å². The zero-order valence-corrected chi connectivity index (χ0v) is 24.2. The summed E-state index contributed by atoms with van der Waals surface area (Å²) >= 11 is 0. The summed E-state index contributed by atoms with van der Waals surface area (Å²) in [7, 11) is -1.98. The monoisotopic (exact) mass is 587 g/mol. The molecule has 2 fully saturated rings. The Bertz CT molecular complexity index is 1710. The van der Waals surface area contributed by atoms with Crippen LogP contribution in [0.2, 0.25) is 0 Å². The second-order valence-electron chi connectivity index (χ2n) is 10.5. The Morgan fingerprint density at radius 2 is 1.31 bits per heavy atom. The van der Waals surface area contributed by atoms with Gasteiger partial charge in [-0.25, -0.2) is 8.42 Å². The Labute approximate surface area is 245 Å². The number of sulfonamides is 1. The molecule has 0 N–H and O–H groups in total. The molecule has 0 aromatic heterocycles. The summed E-state index contributed by atoms with van der Waals surface area (Å²) in [4.78, 5) is 18.3. The van der Waals surface area contributed by atoms with E-state index in [1.807, 2.05) is 60.7 Å². The van der Waals surface area contributed by atoms with E-state index in [0.29, 0.717) is 62.9 Å². The van der Waals surface area contributed by atoms with Crippen LogP contribution in [0.15, 0.2) is 89.8 Å². The van der Waals surface area contributed by atoms with Crippen molar-refractivity contribution in [2.75, 3.05) is 74.2 Å². The summed E-state index contributed by atoms with van der Waals surface area (Å²) in [6.07, 6.45) is 0. The molecule has 6 rings (SSSR count). The number of fused-ring (bicyclic) bond motifs is 1. The van der Waals surface area contributed by atoms with Crippen molar-refractivity contribution < 1.29 is 18.1 Å². The SMILES string of the molecule is COc1ccccc1N1CCN(c2cc(N3CCN(S(=O)(=O)c4ccc5ccccc5c4)CC3)ccc2[N+](=O)[O-])CC1. The minimum Gasteiger partial charge on any atom is -0.495 e. The van der Waals surface area contributed by atoms with E-state index in [-0.39, 0.29) is 10.6 Å². The molecule has 11 heteroatoms. The van der Waals surface area contributed by atoms with Gasteiger partial charge in [-0.15, -0.1) is 0 Å². The van der Waals surface area contributed by atoms with Gasteiger partial charge in [0.05, 0.1) is 22.6 Å². The topological polar surface area (TPSA) is 99.5 Å². The molecular weight excluding hydrogens is 554 g/mol. The zero-order chi connectivity index (χ0) is 29.3. The number of ether oxygens (including phenoxy) is 1. The van der Waals surface area contributed by atoms with E-state index >= 15 is 0 Å². The fourth-order valence-electron chi connectivity index (χ4n) is 5.86. The number of nitro groups is 1. The highest BCUT2D eigenvalue weighted by molar-refractivity contribution is 7.89. The average Bonchev–Trinajstić information content (AvgIpc) is 3.04. The Kier molecular flexibility index (Phi) is 7.61. The van der Waals surface area contributed by atoms with E-state index in [2.05, 4.69) is 14.7 Å². The number of benzene rings is 4. The predicted octanol–water partition coefficient (Wildman–Crippen LogP) is 4.59. The lowest BCUT2D eigenvalue weighted by Crippen LogP contribution is -2.49. The van der Waals surface area contributed by atoms with Crippen molar-refractivity contribution >= 4 is 43.5 Å². The third-order valence-electron chi connectivity index (χ3n) is 8.16.